The van der Waals surface area contributed by atoms with Gasteiger partial charge >= 0.3 is 5.97 Å². The van der Waals surface area contributed by atoms with Gasteiger partial charge < -0.3 is 5.11 Å². The van der Waals surface area contributed by atoms with Gasteiger partial charge in [-0.15, -0.1) is 0 Å². The molecule has 0 amide bonds. The van der Waals surface area contributed by atoms with E-state index in [1.807, 2.05) is 0 Å². The first-order valence-corrected chi connectivity index (χ1v) is 5.77. The molecule has 1 N–H and O–H groups in total. The van der Waals surface area contributed by atoms with Crippen LogP contribution in [0.25, 0.3) is 0 Å². The van der Waals surface area contributed by atoms with E-state index in [4.69, 9.17) is 5.11 Å². The van der Waals surface area contributed by atoms with Crippen LogP contribution in [-0.4, -0.2) is 34.1 Å². The molecule has 2 aliphatic rings. The Labute approximate surface area is 90.8 Å². The molecule has 0 radical (unpaired) electrons. The Morgan fingerprint density at radius 1 is 1.40 bits per heavy atom. The Hall–Kier alpha value is -0.830. The Morgan fingerprint density at radius 2 is 1.93 bits per heavy atom. The van der Waals surface area contributed by atoms with Gasteiger partial charge in [-0.25, -0.2) is 4.79 Å². The highest BCUT2D eigenvalue weighted by atomic mass is 16.4. The van der Waals surface area contributed by atoms with Crippen LogP contribution in [0.5, 0.6) is 0 Å². The van der Waals surface area contributed by atoms with E-state index in [1.54, 1.807) is 0 Å². The number of nitrogens with zero attached hydrogens (tertiary/aromatic N) is 1. The Balaban J connectivity index is 2.11. The molecule has 2 heterocycles. The third-order valence-corrected chi connectivity index (χ3v) is 3.60. The summed E-state index contributed by atoms with van der Waals surface area (Å²) in [5.41, 5.74) is 1.13. The zero-order chi connectivity index (χ0) is 11.0. The average molecular weight is 209 g/mol. The highest BCUT2D eigenvalue weighted by molar-refractivity contribution is 5.80. The number of carbonyl (C=O) groups is 1. The molecule has 2 fully saturated rings. The van der Waals surface area contributed by atoms with E-state index >= 15 is 0 Å². The monoisotopic (exact) mass is 209 g/mol. The predicted octanol–water partition coefficient (Wildman–Crippen LogP) is 2.03. The van der Waals surface area contributed by atoms with Crippen molar-refractivity contribution in [2.24, 2.45) is 0 Å². The fourth-order valence-electron chi connectivity index (χ4n) is 3.22. The topological polar surface area (TPSA) is 40.5 Å². The van der Waals surface area contributed by atoms with Crippen LogP contribution in [0, 0.1) is 0 Å². The van der Waals surface area contributed by atoms with Crippen molar-refractivity contribution in [1.82, 2.24) is 4.90 Å². The second-order valence-electron chi connectivity index (χ2n) is 4.98. The first-order valence-electron chi connectivity index (χ1n) is 5.77. The quantitative estimate of drug-likeness (QED) is 0.707. The first-order chi connectivity index (χ1) is 7.08. The van der Waals surface area contributed by atoms with Crippen molar-refractivity contribution in [3.05, 3.63) is 11.6 Å². The lowest BCUT2D eigenvalue weighted by Gasteiger charge is -2.39. The molecule has 2 atom stereocenters. The van der Waals surface area contributed by atoms with Crippen molar-refractivity contribution in [2.45, 2.75) is 57.7 Å². The fraction of sp³-hybridized carbons (Fsp3) is 0.750. The van der Waals surface area contributed by atoms with Crippen LogP contribution in [0.4, 0.5) is 0 Å². The van der Waals surface area contributed by atoms with E-state index in [-0.39, 0.29) is 0 Å². The van der Waals surface area contributed by atoms with Crippen molar-refractivity contribution in [3.63, 3.8) is 0 Å². The van der Waals surface area contributed by atoms with E-state index in [0.717, 1.165) is 18.4 Å². The van der Waals surface area contributed by atoms with Gasteiger partial charge in [-0.1, -0.05) is 5.57 Å². The highest BCUT2D eigenvalue weighted by Crippen LogP contribution is 2.39. The van der Waals surface area contributed by atoms with Gasteiger partial charge in [-0.3, -0.25) is 4.90 Å². The molecule has 15 heavy (non-hydrogen) atoms. The number of fused-ring (bicyclic) bond motifs is 2. The molecule has 0 aromatic rings. The van der Waals surface area contributed by atoms with E-state index in [1.165, 1.54) is 18.9 Å². The molecule has 3 nitrogen and oxygen atoms in total. The van der Waals surface area contributed by atoms with E-state index in [2.05, 4.69) is 18.7 Å². The highest BCUT2D eigenvalue weighted by Gasteiger charge is 2.39. The Bertz CT molecular complexity index is 280. The maximum atomic E-state index is 10.6. The largest absolute Gasteiger partial charge is 0.478 e. The first kappa shape index (κ1) is 10.7. The summed E-state index contributed by atoms with van der Waals surface area (Å²) in [5, 5.41) is 8.74. The van der Waals surface area contributed by atoms with Gasteiger partial charge in [-0.2, -0.15) is 0 Å². The van der Waals surface area contributed by atoms with Gasteiger partial charge in [0, 0.05) is 24.2 Å². The van der Waals surface area contributed by atoms with Gasteiger partial charge in [0.1, 0.15) is 0 Å². The Morgan fingerprint density at radius 3 is 2.33 bits per heavy atom. The molecule has 2 rings (SSSR count). The van der Waals surface area contributed by atoms with Crippen LogP contribution in [0.3, 0.4) is 0 Å². The van der Waals surface area contributed by atoms with Crippen LogP contribution >= 0.6 is 0 Å². The normalized spacial score (nSPS) is 31.0. The van der Waals surface area contributed by atoms with Crippen LogP contribution in [0.2, 0.25) is 0 Å². The molecule has 0 aromatic heterocycles. The summed E-state index contributed by atoms with van der Waals surface area (Å²) in [6.07, 6.45) is 5.81. The molecule has 0 saturated carbocycles. The number of carboxylic acids is 1. The zero-order valence-corrected chi connectivity index (χ0v) is 9.44. The number of aliphatic carboxylic acids is 1. The number of hydrogen-bond acceptors (Lipinski definition) is 2. The van der Waals surface area contributed by atoms with Crippen molar-refractivity contribution in [3.8, 4) is 0 Å². The molecule has 2 unspecified atom stereocenters. The summed E-state index contributed by atoms with van der Waals surface area (Å²) in [6, 6.07) is 1.78. The summed E-state index contributed by atoms with van der Waals surface area (Å²) in [6.45, 7) is 4.47. The fourth-order valence-corrected chi connectivity index (χ4v) is 3.22. The lowest BCUT2D eigenvalue weighted by atomic mass is 9.95. The summed E-state index contributed by atoms with van der Waals surface area (Å²) in [7, 11) is 0. The second kappa shape index (κ2) is 3.97. The molecule has 0 aliphatic carbocycles. The lowest BCUT2D eigenvalue weighted by Crippen LogP contribution is -2.44. The third kappa shape index (κ3) is 2.07. The molecule has 84 valence electrons. The maximum Gasteiger partial charge on any atom is 0.328 e. The van der Waals surface area contributed by atoms with Crippen molar-refractivity contribution in [2.75, 3.05) is 0 Å². The summed E-state index contributed by atoms with van der Waals surface area (Å²) < 4.78 is 0. The number of rotatable bonds is 2. The van der Waals surface area contributed by atoms with Gasteiger partial charge in [0.05, 0.1) is 0 Å². The van der Waals surface area contributed by atoms with Crippen molar-refractivity contribution in [1.29, 1.82) is 0 Å². The van der Waals surface area contributed by atoms with Crippen LogP contribution in [-0.2, 0) is 4.79 Å². The molecular weight excluding hydrogens is 190 g/mol. The van der Waals surface area contributed by atoms with Crippen molar-refractivity contribution < 1.29 is 9.90 Å². The molecule has 2 saturated heterocycles. The smallest absolute Gasteiger partial charge is 0.328 e. The molecule has 2 aliphatic heterocycles. The van der Waals surface area contributed by atoms with Crippen LogP contribution in [0.15, 0.2) is 11.6 Å². The zero-order valence-electron chi connectivity index (χ0n) is 9.44. The van der Waals surface area contributed by atoms with Gasteiger partial charge in [0.25, 0.3) is 0 Å². The molecule has 2 bridgehead atoms. The van der Waals surface area contributed by atoms with Crippen LogP contribution < -0.4 is 0 Å². The number of piperidine rings is 1. The second-order valence-corrected chi connectivity index (χ2v) is 4.98. The van der Waals surface area contributed by atoms with Gasteiger partial charge in [-0.05, 0) is 39.5 Å². The summed E-state index contributed by atoms with van der Waals surface area (Å²) >= 11 is 0. The standard InChI is InChI=1S/C12H19NO2/c1-8(2)13-10-3-4-11(13)6-9(5-10)7-12(14)15/h7-8,10-11H,3-6H2,1-2H3,(H,14,15). The minimum atomic E-state index is -0.789. The Kier molecular flexibility index (Phi) is 2.83. The van der Waals surface area contributed by atoms with Gasteiger partial charge in [0.15, 0.2) is 0 Å². The predicted molar refractivity (Wildman–Crippen MR) is 58.7 cm³/mol. The van der Waals surface area contributed by atoms with E-state index < -0.39 is 5.97 Å². The SMILES string of the molecule is CC(C)N1C2CCC1CC(=CC(=O)O)C2. The lowest BCUT2D eigenvalue weighted by molar-refractivity contribution is -0.131. The third-order valence-electron chi connectivity index (χ3n) is 3.60. The molecular formula is C12H19NO2. The maximum absolute atomic E-state index is 10.6. The van der Waals surface area contributed by atoms with E-state index in [0.29, 0.717) is 18.1 Å². The summed E-state index contributed by atoms with van der Waals surface area (Å²) in [5.74, 6) is -0.789. The van der Waals surface area contributed by atoms with Crippen LogP contribution in [0.1, 0.15) is 39.5 Å². The van der Waals surface area contributed by atoms with Crippen molar-refractivity contribution >= 4 is 5.97 Å². The molecule has 0 spiro atoms. The van der Waals surface area contributed by atoms with E-state index in [9.17, 15) is 4.79 Å². The van der Waals surface area contributed by atoms with Gasteiger partial charge in [0.2, 0.25) is 0 Å². The molecule has 3 heteroatoms. The number of carboxylic acid groups (broad SMARTS) is 1. The number of hydrogen-bond donors (Lipinski definition) is 1. The molecule has 0 aromatic carbocycles. The average Bonchev–Trinajstić information content (AvgIpc) is 2.38. The minimum Gasteiger partial charge on any atom is -0.478 e. The summed E-state index contributed by atoms with van der Waals surface area (Å²) in [4.78, 5) is 13.2. The minimum absolute atomic E-state index is 0.592.